The zero-order chi connectivity index (χ0) is 21.1. The molecule has 2 N–H and O–H groups in total. The van der Waals surface area contributed by atoms with Gasteiger partial charge in [0.05, 0.1) is 0 Å². The number of nitrogen functional groups attached to an aromatic ring is 1. The minimum Gasteiger partial charge on any atom is -0.398 e. The molecule has 0 saturated carbocycles. The van der Waals surface area contributed by atoms with Gasteiger partial charge in [-0.05, 0) is 59.2 Å². The van der Waals surface area contributed by atoms with Crippen LogP contribution in [0.2, 0.25) is 0 Å². The molecule has 30 heavy (non-hydrogen) atoms. The van der Waals surface area contributed by atoms with Crippen molar-refractivity contribution < 1.29 is 9.18 Å². The molecule has 0 spiro atoms. The van der Waals surface area contributed by atoms with E-state index in [1.54, 1.807) is 6.08 Å². The molecule has 1 heterocycles. The lowest BCUT2D eigenvalue weighted by molar-refractivity contribution is -0.130. The van der Waals surface area contributed by atoms with Crippen molar-refractivity contribution in [3.8, 4) is 0 Å². The Kier molecular flexibility index (Phi) is 5.81. The van der Waals surface area contributed by atoms with Crippen LogP contribution < -0.4 is 5.73 Å². The van der Waals surface area contributed by atoms with Gasteiger partial charge in [0.15, 0.2) is 0 Å². The molecule has 0 aliphatic carbocycles. The zero-order valence-corrected chi connectivity index (χ0v) is 17.1. The third kappa shape index (κ3) is 4.52. The van der Waals surface area contributed by atoms with E-state index in [9.17, 15) is 9.18 Å². The lowest BCUT2D eigenvalue weighted by atomic mass is 10.0. The molecular formula is C25H26FN3O. The van der Waals surface area contributed by atoms with Crippen LogP contribution in [0.25, 0.3) is 16.8 Å². The van der Waals surface area contributed by atoms with Crippen LogP contribution in [0.4, 0.5) is 10.1 Å². The van der Waals surface area contributed by atoms with E-state index in [4.69, 9.17) is 5.73 Å². The summed E-state index contributed by atoms with van der Waals surface area (Å²) in [5.74, 6) is -0.224. The molecule has 1 aliphatic heterocycles. The van der Waals surface area contributed by atoms with Gasteiger partial charge in [-0.3, -0.25) is 9.69 Å². The molecule has 1 saturated heterocycles. The minimum atomic E-state index is -0.221. The van der Waals surface area contributed by atoms with Crippen molar-refractivity contribution in [2.75, 3.05) is 25.4 Å². The SMILES string of the molecule is CC1CN(Cc2ccc(F)cc2)CCN1C(=O)C=Cc1cc2ccccc2cc1N. The maximum absolute atomic E-state index is 13.1. The molecule has 1 aliphatic rings. The highest BCUT2D eigenvalue weighted by Crippen LogP contribution is 2.23. The molecule has 1 amide bonds. The average molecular weight is 404 g/mol. The van der Waals surface area contributed by atoms with Crippen molar-refractivity contribution in [3.05, 3.63) is 83.7 Å². The van der Waals surface area contributed by atoms with Crippen molar-refractivity contribution in [1.29, 1.82) is 0 Å². The first-order valence-corrected chi connectivity index (χ1v) is 10.2. The largest absolute Gasteiger partial charge is 0.398 e. The molecule has 5 heteroatoms. The normalized spacial score (nSPS) is 17.7. The molecule has 1 unspecified atom stereocenters. The summed E-state index contributed by atoms with van der Waals surface area (Å²) >= 11 is 0. The van der Waals surface area contributed by atoms with Crippen molar-refractivity contribution in [3.63, 3.8) is 0 Å². The van der Waals surface area contributed by atoms with Crippen LogP contribution in [0.5, 0.6) is 0 Å². The Morgan fingerprint density at radius 2 is 1.80 bits per heavy atom. The fourth-order valence-electron chi connectivity index (χ4n) is 4.03. The predicted octanol–water partition coefficient (Wildman–Crippen LogP) is 4.31. The number of amides is 1. The number of rotatable bonds is 4. The summed E-state index contributed by atoms with van der Waals surface area (Å²) in [6, 6.07) is 18.7. The first-order chi connectivity index (χ1) is 14.5. The molecule has 4 rings (SSSR count). The number of halogens is 1. The van der Waals surface area contributed by atoms with E-state index < -0.39 is 0 Å². The average Bonchev–Trinajstić information content (AvgIpc) is 2.74. The van der Waals surface area contributed by atoms with E-state index in [1.807, 2.05) is 59.5 Å². The molecule has 1 atom stereocenters. The number of hydrogen-bond acceptors (Lipinski definition) is 3. The smallest absolute Gasteiger partial charge is 0.246 e. The number of piperazine rings is 1. The molecule has 0 radical (unpaired) electrons. The second kappa shape index (κ2) is 8.67. The van der Waals surface area contributed by atoms with Crippen LogP contribution in [0.3, 0.4) is 0 Å². The standard InChI is InChI=1S/C25H26FN3O/c1-18-16-28(17-19-6-9-23(26)10-7-19)12-13-29(18)25(30)11-8-22-14-20-4-2-3-5-21(20)15-24(22)27/h2-11,14-15,18H,12-13,16-17,27H2,1H3. The first kappa shape index (κ1) is 20.1. The molecule has 0 bridgehead atoms. The summed E-state index contributed by atoms with van der Waals surface area (Å²) < 4.78 is 13.1. The quantitative estimate of drug-likeness (QED) is 0.522. The molecule has 0 aromatic heterocycles. The van der Waals surface area contributed by atoms with E-state index in [0.29, 0.717) is 12.2 Å². The molecular weight excluding hydrogens is 377 g/mol. The van der Waals surface area contributed by atoms with Gasteiger partial charge in [0.25, 0.3) is 0 Å². The summed E-state index contributed by atoms with van der Waals surface area (Å²) in [5.41, 5.74) is 8.77. The predicted molar refractivity (Wildman–Crippen MR) is 120 cm³/mol. The third-order valence-corrected chi connectivity index (χ3v) is 5.67. The fourth-order valence-corrected chi connectivity index (χ4v) is 4.03. The Morgan fingerprint density at radius 3 is 2.50 bits per heavy atom. The monoisotopic (exact) mass is 403 g/mol. The number of anilines is 1. The van der Waals surface area contributed by atoms with Gasteiger partial charge < -0.3 is 10.6 Å². The highest BCUT2D eigenvalue weighted by molar-refractivity contribution is 5.95. The van der Waals surface area contributed by atoms with Crippen LogP contribution in [-0.4, -0.2) is 41.4 Å². The van der Waals surface area contributed by atoms with E-state index in [1.165, 1.54) is 12.1 Å². The van der Waals surface area contributed by atoms with Gasteiger partial charge in [0.2, 0.25) is 5.91 Å². The molecule has 1 fully saturated rings. The number of fused-ring (bicyclic) bond motifs is 1. The summed E-state index contributed by atoms with van der Waals surface area (Å²) in [7, 11) is 0. The third-order valence-electron chi connectivity index (χ3n) is 5.67. The number of nitrogens with zero attached hydrogens (tertiary/aromatic N) is 2. The van der Waals surface area contributed by atoms with Gasteiger partial charge in [-0.25, -0.2) is 4.39 Å². The van der Waals surface area contributed by atoms with Crippen molar-refractivity contribution >= 4 is 28.4 Å². The number of nitrogens with two attached hydrogens (primary N) is 1. The van der Waals surface area contributed by atoms with Crippen LogP contribution in [-0.2, 0) is 11.3 Å². The maximum Gasteiger partial charge on any atom is 0.246 e. The molecule has 3 aromatic rings. The highest BCUT2D eigenvalue weighted by atomic mass is 19.1. The van der Waals surface area contributed by atoms with Crippen LogP contribution >= 0.6 is 0 Å². The summed E-state index contributed by atoms with van der Waals surface area (Å²) in [5, 5.41) is 2.19. The van der Waals surface area contributed by atoms with Crippen molar-refractivity contribution in [2.45, 2.75) is 19.5 Å². The molecule has 4 nitrogen and oxygen atoms in total. The highest BCUT2D eigenvalue weighted by Gasteiger charge is 2.26. The summed E-state index contributed by atoms with van der Waals surface area (Å²) in [6.45, 7) is 5.07. The number of carbonyl (C=O) groups is 1. The Bertz CT molecular complexity index is 1080. The van der Waals surface area contributed by atoms with E-state index in [0.717, 1.165) is 41.5 Å². The van der Waals surface area contributed by atoms with Gasteiger partial charge >= 0.3 is 0 Å². The van der Waals surface area contributed by atoms with Gasteiger partial charge in [-0.2, -0.15) is 0 Å². The minimum absolute atomic E-state index is 0.00325. The van der Waals surface area contributed by atoms with Crippen LogP contribution in [0.15, 0.2) is 66.7 Å². The van der Waals surface area contributed by atoms with Crippen molar-refractivity contribution in [1.82, 2.24) is 9.80 Å². The number of carbonyl (C=O) groups excluding carboxylic acids is 1. The van der Waals surface area contributed by atoms with Gasteiger partial charge in [0, 0.05) is 44.0 Å². The van der Waals surface area contributed by atoms with Crippen LogP contribution in [0, 0.1) is 5.82 Å². The fraction of sp³-hybridized carbons (Fsp3) is 0.240. The Morgan fingerprint density at radius 1 is 1.10 bits per heavy atom. The second-order valence-electron chi connectivity index (χ2n) is 7.90. The van der Waals surface area contributed by atoms with Gasteiger partial charge in [-0.1, -0.05) is 36.4 Å². The number of benzene rings is 3. The van der Waals surface area contributed by atoms with Crippen LogP contribution in [0.1, 0.15) is 18.1 Å². The maximum atomic E-state index is 13.1. The molecule has 154 valence electrons. The second-order valence-corrected chi connectivity index (χ2v) is 7.90. The first-order valence-electron chi connectivity index (χ1n) is 10.2. The Balaban J connectivity index is 1.39. The van der Waals surface area contributed by atoms with E-state index in [-0.39, 0.29) is 17.8 Å². The summed E-state index contributed by atoms with van der Waals surface area (Å²) in [4.78, 5) is 17.0. The summed E-state index contributed by atoms with van der Waals surface area (Å²) in [6.07, 6.45) is 3.42. The van der Waals surface area contributed by atoms with Gasteiger partial charge in [-0.15, -0.1) is 0 Å². The molecule has 3 aromatic carbocycles. The van der Waals surface area contributed by atoms with Crippen molar-refractivity contribution in [2.24, 2.45) is 0 Å². The Labute approximate surface area is 176 Å². The van der Waals surface area contributed by atoms with E-state index in [2.05, 4.69) is 11.8 Å². The lowest BCUT2D eigenvalue weighted by Crippen LogP contribution is -2.53. The zero-order valence-electron chi connectivity index (χ0n) is 17.1. The van der Waals surface area contributed by atoms with Gasteiger partial charge in [0.1, 0.15) is 5.82 Å². The Hall–Kier alpha value is -3.18. The van der Waals surface area contributed by atoms with E-state index >= 15 is 0 Å². The topological polar surface area (TPSA) is 49.6 Å². The lowest BCUT2D eigenvalue weighted by Gasteiger charge is -2.39. The number of hydrogen-bond donors (Lipinski definition) is 1.